The molecule has 9 heteroatoms. The van der Waals surface area contributed by atoms with Crippen LogP contribution in [0.2, 0.25) is 0 Å². The molecular weight excluding hydrogens is 290 g/mol. The highest BCUT2D eigenvalue weighted by atomic mass is 32.2. The molecule has 0 fully saturated rings. The third kappa shape index (κ3) is 2.91. The summed E-state index contributed by atoms with van der Waals surface area (Å²) in [7, 11) is -6.59. The van der Waals surface area contributed by atoms with Crippen LogP contribution >= 0.6 is 0 Å². The van der Waals surface area contributed by atoms with Gasteiger partial charge in [-0.2, -0.15) is 8.78 Å². The van der Waals surface area contributed by atoms with Crippen molar-refractivity contribution in [2.24, 2.45) is 0 Å². The van der Waals surface area contributed by atoms with E-state index in [0.29, 0.717) is 0 Å². The maximum Gasteiger partial charge on any atom is 0.419 e. The van der Waals surface area contributed by atoms with Crippen molar-refractivity contribution < 1.29 is 31.3 Å². The Morgan fingerprint density at radius 1 is 1.28 bits per heavy atom. The van der Waals surface area contributed by atoms with Crippen molar-refractivity contribution in [1.29, 1.82) is 0 Å². The first-order valence-electron chi connectivity index (χ1n) is 4.40. The second kappa shape index (κ2) is 4.73. The fraction of sp³-hybridized carbons (Fsp3) is 0.222. The van der Waals surface area contributed by atoms with Crippen LogP contribution in [0.4, 0.5) is 8.78 Å². The second-order valence-corrected chi connectivity index (χ2v) is 6.87. The highest BCUT2D eigenvalue weighted by molar-refractivity contribution is 7.90. The van der Waals surface area contributed by atoms with Crippen molar-refractivity contribution in [2.75, 3.05) is 6.26 Å². The zero-order chi connectivity index (χ0) is 14.1. The first-order valence-corrected chi connectivity index (χ1v) is 7.44. The summed E-state index contributed by atoms with van der Waals surface area (Å²) >= 11 is 0. The van der Waals surface area contributed by atoms with Gasteiger partial charge in [0, 0.05) is 11.2 Å². The molecule has 18 heavy (non-hydrogen) atoms. The average molecular weight is 298 g/mol. The molecule has 0 aliphatic rings. The molecule has 100 valence electrons. The lowest BCUT2D eigenvalue weighted by molar-refractivity contribution is -0.153. The maximum atomic E-state index is 12.9. The van der Waals surface area contributed by atoms with Gasteiger partial charge in [0.05, 0.1) is 4.90 Å². The Kier molecular flexibility index (Phi) is 3.86. The van der Waals surface area contributed by atoms with Crippen LogP contribution in [0.3, 0.4) is 0 Å². The Balaban J connectivity index is 3.15. The first kappa shape index (κ1) is 14.7. The SMILES string of the molecule is CS(=O)(=O)c1ccc(S(=O)C(F)(F)C(=O)O)cc1. The summed E-state index contributed by atoms with van der Waals surface area (Å²) in [6.07, 6.45) is 0.921. The number of carbonyl (C=O) groups is 1. The molecule has 1 unspecified atom stereocenters. The quantitative estimate of drug-likeness (QED) is 0.891. The van der Waals surface area contributed by atoms with Crippen LogP contribution in [0, 0.1) is 0 Å². The Hall–Kier alpha value is -1.35. The molecule has 0 aliphatic carbocycles. The average Bonchev–Trinajstić information content (AvgIpc) is 2.26. The van der Waals surface area contributed by atoms with E-state index in [-0.39, 0.29) is 4.90 Å². The smallest absolute Gasteiger partial charge is 0.419 e. The van der Waals surface area contributed by atoms with Gasteiger partial charge in [-0.3, -0.25) is 0 Å². The number of halogens is 2. The molecule has 5 nitrogen and oxygen atoms in total. The predicted octanol–water partition coefficient (Wildman–Crippen LogP) is 0.875. The number of alkyl halides is 2. The molecule has 0 saturated heterocycles. The van der Waals surface area contributed by atoms with Crippen molar-refractivity contribution in [1.82, 2.24) is 0 Å². The van der Waals surface area contributed by atoms with E-state index in [9.17, 15) is 26.2 Å². The standard InChI is InChI=1S/C9H8F2O5S2/c1-18(15,16)7-4-2-6(3-5-7)17(14)9(10,11)8(12)13/h2-5H,1H3,(H,12,13). The highest BCUT2D eigenvalue weighted by Crippen LogP contribution is 2.26. The van der Waals surface area contributed by atoms with Crippen LogP contribution in [0.15, 0.2) is 34.1 Å². The van der Waals surface area contributed by atoms with E-state index >= 15 is 0 Å². The third-order valence-electron chi connectivity index (χ3n) is 1.95. The van der Waals surface area contributed by atoms with E-state index in [0.717, 1.165) is 30.5 Å². The Morgan fingerprint density at radius 2 is 1.72 bits per heavy atom. The lowest BCUT2D eigenvalue weighted by Gasteiger charge is -2.10. The van der Waals surface area contributed by atoms with E-state index < -0.39 is 36.8 Å². The van der Waals surface area contributed by atoms with E-state index in [1.165, 1.54) is 0 Å². The first-order chi connectivity index (χ1) is 8.06. The molecule has 1 aromatic rings. The molecule has 0 amide bonds. The summed E-state index contributed by atoms with van der Waals surface area (Å²) < 4.78 is 59.4. The zero-order valence-corrected chi connectivity index (χ0v) is 10.6. The molecule has 0 aromatic heterocycles. The van der Waals surface area contributed by atoms with Gasteiger partial charge < -0.3 is 5.11 Å². The molecule has 1 atom stereocenters. The van der Waals surface area contributed by atoms with Crippen LogP contribution in [-0.4, -0.2) is 35.2 Å². The Bertz CT molecular complexity index is 592. The van der Waals surface area contributed by atoms with Crippen molar-refractivity contribution >= 4 is 26.6 Å². The second-order valence-electron chi connectivity index (χ2n) is 3.33. The van der Waals surface area contributed by atoms with Gasteiger partial charge in [-0.05, 0) is 24.3 Å². The van der Waals surface area contributed by atoms with Gasteiger partial charge in [-0.1, -0.05) is 0 Å². The Morgan fingerprint density at radius 3 is 2.06 bits per heavy atom. The number of hydrogen-bond acceptors (Lipinski definition) is 4. The molecule has 0 aliphatic heterocycles. The number of benzene rings is 1. The van der Waals surface area contributed by atoms with Gasteiger partial charge in [-0.25, -0.2) is 17.4 Å². The third-order valence-corrected chi connectivity index (χ3v) is 4.42. The topological polar surface area (TPSA) is 88.5 Å². The summed E-state index contributed by atoms with van der Waals surface area (Å²) in [5, 5.41) is 3.79. The molecular formula is C9H8F2O5S2. The van der Waals surface area contributed by atoms with Crippen LogP contribution in [0.25, 0.3) is 0 Å². The molecule has 0 radical (unpaired) electrons. The van der Waals surface area contributed by atoms with Crippen molar-refractivity contribution in [3.05, 3.63) is 24.3 Å². The van der Waals surface area contributed by atoms with Crippen LogP contribution in [0.5, 0.6) is 0 Å². The number of aliphatic carboxylic acids is 1. The van der Waals surface area contributed by atoms with Crippen LogP contribution in [-0.2, 0) is 25.4 Å². The molecule has 0 saturated carbocycles. The van der Waals surface area contributed by atoms with Crippen LogP contribution in [0.1, 0.15) is 0 Å². The van der Waals surface area contributed by atoms with E-state index in [1.54, 1.807) is 0 Å². The fourth-order valence-corrected chi connectivity index (χ4v) is 2.51. The Labute approximate surface area is 104 Å². The largest absolute Gasteiger partial charge is 0.476 e. The zero-order valence-electron chi connectivity index (χ0n) is 8.96. The van der Waals surface area contributed by atoms with Gasteiger partial charge >= 0.3 is 11.2 Å². The van der Waals surface area contributed by atoms with E-state index in [2.05, 4.69) is 0 Å². The minimum atomic E-state index is -4.42. The minimum Gasteiger partial charge on any atom is -0.476 e. The van der Waals surface area contributed by atoms with Crippen molar-refractivity contribution in [2.45, 2.75) is 15.0 Å². The molecule has 0 bridgehead atoms. The van der Waals surface area contributed by atoms with E-state index in [1.807, 2.05) is 0 Å². The number of carboxylic acid groups (broad SMARTS) is 1. The van der Waals surface area contributed by atoms with E-state index in [4.69, 9.17) is 5.11 Å². The van der Waals surface area contributed by atoms with Crippen molar-refractivity contribution in [3.63, 3.8) is 0 Å². The predicted molar refractivity (Wildman–Crippen MR) is 58.5 cm³/mol. The van der Waals surface area contributed by atoms with Crippen LogP contribution < -0.4 is 0 Å². The molecule has 0 heterocycles. The monoisotopic (exact) mass is 298 g/mol. The normalized spacial score (nSPS) is 14.2. The molecule has 1 rings (SSSR count). The van der Waals surface area contributed by atoms with Gasteiger partial charge in [0.15, 0.2) is 9.84 Å². The summed E-state index contributed by atoms with van der Waals surface area (Å²) in [6.45, 7) is 0. The minimum absolute atomic E-state index is 0.137. The van der Waals surface area contributed by atoms with Crippen molar-refractivity contribution in [3.8, 4) is 0 Å². The number of sulfone groups is 1. The summed E-state index contributed by atoms with van der Waals surface area (Å²) in [5.74, 6) is -2.51. The van der Waals surface area contributed by atoms with Gasteiger partial charge in [0.2, 0.25) is 0 Å². The molecule has 1 N–H and O–H groups in total. The molecule has 1 aromatic carbocycles. The number of hydrogen-bond donors (Lipinski definition) is 1. The fourth-order valence-electron chi connectivity index (χ4n) is 1.04. The summed E-state index contributed by atoms with van der Waals surface area (Å²) in [6, 6.07) is 3.76. The lowest BCUT2D eigenvalue weighted by Crippen LogP contribution is -2.33. The van der Waals surface area contributed by atoms with Gasteiger partial charge in [0.1, 0.15) is 10.8 Å². The van der Waals surface area contributed by atoms with Gasteiger partial charge in [-0.15, -0.1) is 0 Å². The maximum absolute atomic E-state index is 12.9. The number of rotatable bonds is 4. The number of carboxylic acids is 1. The lowest BCUT2D eigenvalue weighted by atomic mass is 10.4. The summed E-state index contributed by atoms with van der Waals surface area (Å²) in [5.41, 5.74) is 0. The summed E-state index contributed by atoms with van der Waals surface area (Å²) in [4.78, 5) is 9.62. The van der Waals surface area contributed by atoms with Gasteiger partial charge in [0.25, 0.3) is 0 Å². The highest BCUT2D eigenvalue weighted by Gasteiger charge is 2.46. The molecule has 0 spiro atoms.